The molecule has 152 valence electrons. The molecule has 1 aromatic heterocycles. The summed E-state index contributed by atoms with van der Waals surface area (Å²) in [5.74, 6) is 0.550. The van der Waals surface area contributed by atoms with Gasteiger partial charge in [-0.3, -0.25) is 9.78 Å². The zero-order valence-corrected chi connectivity index (χ0v) is 17.8. The Balaban J connectivity index is 1.76. The highest BCUT2D eigenvalue weighted by Crippen LogP contribution is 2.32. The summed E-state index contributed by atoms with van der Waals surface area (Å²) in [5, 5.41) is 5.33. The van der Waals surface area contributed by atoms with Crippen LogP contribution in [0, 0.1) is 6.92 Å². The molecule has 0 saturated carbocycles. The number of ether oxygens (including phenoxy) is 2. The molecular weight excluding hydrogens is 411 g/mol. The maximum absolute atomic E-state index is 11.2. The van der Waals surface area contributed by atoms with E-state index in [1.54, 1.807) is 12.1 Å². The lowest BCUT2D eigenvalue weighted by molar-refractivity contribution is -0.140. The van der Waals surface area contributed by atoms with E-state index in [9.17, 15) is 4.79 Å². The van der Waals surface area contributed by atoms with E-state index < -0.39 is 0 Å². The minimum Gasteiger partial charge on any atom is -0.494 e. The van der Waals surface area contributed by atoms with Crippen molar-refractivity contribution in [2.75, 3.05) is 19.0 Å². The largest absolute Gasteiger partial charge is 0.494 e. The fourth-order valence-corrected chi connectivity index (χ4v) is 3.22. The number of unbranched alkanes of at least 4 members (excludes halogenated alkanes) is 1. The Hall–Kier alpha value is -2.50. The number of aryl methyl sites for hydroxylation is 1. The van der Waals surface area contributed by atoms with Gasteiger partial charge in [-0.2, -0.15) is 0 Å². The van der Waals surface area contributed by atoms with Crippen LogP contribution in [-0.4, -0.2) is 24.7 Å². The van der Waals surface area contributed by atoms with E-state index in [0.29, 0.717) is 23.1 Å². The SMILES string of the molecule is COC(=O)CCCCOc1ccc2nc(C)cc(Nc3ccc(Cl)c(Cl)c3)c2c1. The van der Waals surface area contributed by atoms with E-state index in [0.717, 1.165) is 46.6 Å². The van der Waals surface area contributed by atoms with Crippen molar-refractivity contribution < 1.29 is 14.3 Å². The van der Waals surface area contributed by atoms with Crippen molar-refractivity contribution in [1.82, 2.24) is 4.98 Å². The number of nitrogens with zero attached hydrogens (tertiary/aromatic N) is 1. The summed E-state index contributed by atoms with van der Waals surface area (Å²) >= 11 is 12.1. The summed E-state index contributed by atoms with van der Waals surface area (Å²) in [4.78, 5) is 15.7. The number of rotatable bonds is 8. The predicted octanol–water partition coefficient (Wildman–Crippen LogP) is 6.32. The van der Waals surface area contributed by atoms with Gasteiger partial charge < -0.3 is 14.8 Å². The maximum atomic E-state index is 11.2. The Morgan fingerprint density at radius 2 is 1.90 bits per heavy atom. The highest BCUT2D eigenvalue weighted by Gasteiger charge is 2.08. The molecule has 0 amide bonds. The molecule has 0 bridgehead atoms. The van der Waals surface area contributed by atoms with Gasteiger partial charge in [-0.1, -0.05) is 23.2 Å². The Morgan fingerprint density at radius 3 is 2.66 bits per heavy atom. The number of halogens is 2. The molecule has 0 radical (unpaired) electrons. The number of pyridine rings is 1. The lowest BCUT2D eigenvalue weighted by Crippen LogP contribution is -2.02. The third kappa shape index (κ3) is 5.75. The van der Waals surface area contributed by atoms with Gasteiger partial charge in [0.15, 0.2) is 0 Å². The third-order valence-corrected chi connectivity index (χ3v) is 5.12. The Morgan fingerprint density at radius 1 is 1.07 bits per heavy atom. The Labute approximate surface area is 179 Å². The molecule has 2 aromatic carbocycles. The first-order valence-corrected chi connectivity index (χ1v) is 10.0. The average Bonchev–Trinajstić information content (AvgIpc) is 2.70. The van der Waals surface area contributed by atoms with Gasteiger partial charge in [0.1, 0.15) is 5.75 Å². The zero-order valence-electron chi connectivity index (χ0n) is 16.3. The number of esters is 1. The first-order valence-electron chi connectivity index (χ1n) is 9.29. The first kappa shape index (κ1) is 21.2. The molecule has 0 aliphatic carbocycles. The summed E-state index contributed by atoms with van der Waals surface area (Å²) in [6, 6.07) is 13.2. The second-order valence-electron chi connectivity index (χ2n) is 6.63. The van der Waals surface area contributed by atoms with Crippen LogP contribution >= 0.6 is 23.2 Å². The molecule has 0 fully saturated rings. The number of methoxy groups -OCH3 is 1. The molecule has 7 heteroatoms. The van der Waals surface area contributed by atoms with E-state index in [2.05, 4.69) is 15.0 Å². The van der Waals surface area contributed by atoms with Gasteiger partial charge in [-0.05, 0) is 62.2 Å². The summed E-state index contributed by atoms with van der Waals surface area (Å²) in [6.07, 6.45) is 1.90. The van der Waals surface area contributed by atoms with Crippen LogP contribution in [0.4, 0.5) is 11.4 Å². The monoisotopic (exact) mass is 432 g/mol. The fourth-order valence-electron chi connectivity index (χ4n) is 2.92. The minimum atomic E-state index is -0.199. The number of fused-ring (bicyclic) bond motifs is 1. The minimum absolute atomic E-state index is 0.199. The van der Waals surface area contributed by atoms with Gasteiger partial charge in [-0.25, -0.2) is 0 Å². The maximum Gasteiger partial charge on any atom is 0.305 e. The summed E-state index contributed by atoms with van der Waals surface area (Å²) in [5.41, 5.74) is 3.50. The number of hydrogen-bond acceptors (Lipinski definition) is 5. The van der Waals surface area contributed by atoms with Crippen LogP contribution in [0.3, 0.4) is 0 Å². The van der Waals surface area contributed by atoms with Crippen LogP contribution in [0.15, 0.2) is 42.5 Å². The molecule has 5 nitrogen and oxygen atoms in total. The van der Waals surface area contributed by atoms with Crippen molar-refractivity contribution in [3.8, 4) is 5.75 Å². The van der Waals surface area contributed by atoms with E-state index in [1.807, 2.05) is 37.3 Å². The van der Waals surface area contributed by atoms with Gasteiger partial charge in [0.05, 0.1) is 29.3 Å². The third-order valence-electron chi connectivity index (χ3n) is 4.38. The molecule has 1 N–H and O–H groups in total. The van der Waals surface area contributed by atoms with Crippen LogP contribution < -0.4 is 10.1 Å². The number of hydrogen-bond donors (Lipinski definition) is 1. The summed E-state index contributed by atoms with van der Waals surface area (Å²) < 4.78 is 10.5. The standard InChI is InChI=1S/C22H22Cl2N2O3/c1-14-11-21(26-15-6-8-18(23)19(24)12-15)17-13-16(7-9-20(17)25-14)29-10-4-3-5-22(27)28-2/h6-9,11-13H,3-5,10H2,1-2H3,(H,25,26). The van der Waals surface area contributed by atoms with E-state index >= 15 is 0 Å². The molecule has 0 unspecified atom stereocenters. The van der Waals surface area contributed by atoms with E-state index in [-0.39, 0.29) is 5.97 Å². The number of aromatic nitrogens is 1. The fraction of sp³-hybridized carbons (Fsp3) is 0.273. The number of nitrogens with one attached hydrogen (secondary N) is 1. The molecule has 0 saturated heterocycles. The van der Waals surface area contributed by atoms with Crippen molar-refractivity contribution in [1.29, 1.82) is 0 Å². The molecule has 0 aliphatic rings. The Bertz CT molecular complexity index is 1020. The molecule has 3 rings (SSSR count). The van der Waals surface area contributed by atoms with Crippen molar-refractivity contribution in [3.63, 3.8) is 0 Å². The summed E-state index contributed by atoms with van der Waals surface area (Å²) in [7, 11) is 1.40. The van der Waals surface area contributed by atoms with Gasteiger partial charge >= 0.3 is 5.97 Å². The van der Waals surface area contributed by atoms with Gasteiger partial charge in [0.2, 0.25) is 0 Å². The molecular formula is C22H22Cl2N2O3. The van der Waals surface area contributed by atoms with E-state index in [1.165, 1.54) is 7.11 Å². The highest BCUT2D eigenvalue weighted by atomic mass is 35.5. The van der Waals surface area contributed by atoms with Crippen LogP contribution in [0.1, 0.15) is 25.0 Å². The summed E-state index contributed by atoms with van der Waals surface area (Å²) in [6.45, 7) is 2.47. The first-order chi connectivity index (χ1) is 14.0. The second-order valence-corrected chi connectivity index (χ2v) is 7.44. The van der Waals surface area contributed by atoms with Crippen LogP contribution in [0.5, 0.6) is 5.75 Å². The lowest BCUT2D eigenvalue weighted by atomic mass is 10.1. The van der Waals surface area contributed by atoms with Crippen LogP contribution in [0.2, 0.25) is 10.0 Å². The van der Waals surface area contributed by atoms with Crippen molar-refractivity contribution in [3.05, 3.63) is 58.2 Å². The normalized spacial score (nSPS) is 10.8. The number of anilines is 2. The molecule has 0 spiro atoms. The van der Waals surface area contributed by atoms with E-state index in [4.69, 9.17) is 27.9 Å². The van der Waals surface area contributed by atoms with Crippen molar-refractivity contribution in [2.45, 2.75) is 26.2 Å². The van der Waals surface area contributed by atoms with Crippen LogP contribution in [0.25, 0.3) is 10.9 Å². The lowest BCUT2D eigenvalue weighted by Gasteiger charge is -2.13. The van der Waals surface area contributed by atoms with Gasteiger partial charge in [0.25, 0.3) is 0 Å². The smallest absolute Gasteiger partial charge is 0.305 e. The Kier molecular flexibility index (Phi) is 7.18. The average molecular weight is 433 g/mol. The number of carbonyl (C=O) groups excluding carboxylic acids is 1. The highest BCUT2D eigenvalue weighted by molar-refractivity contribution is 6.42. The molecule has 29 heavy (non-hydrogen) atoms. The number of carbonyl (C=O) groups is 1. The van der Waals surface area contributed by atoms with Gasteiger partial charge in [0, 0.05) is 28.9 Å². The second kappa shape index (κ2) is 9.81. The van der Waals surface area contributed by atoms with Crippen molar-refractivity contribution in [2.24, 2.45) is 0 Å². The predicted molar refractivity (Wildman–Crippen MR) is 118 cm³/mol. The number of benzene rings is 2. The van der Waals surface area contributed by atoms with Crippen LogP contribution in [-0.2, 0) is 9.53 Å². The quantitative estimate of drug-likeness (QED) is 0.333. The zero-order chi connectivity index (χ0) is 20.8. The van der Waals surface area contributed by atoms with Crippen molar-refractivity contribution >= 4 is 51.4 Å². The molecule has 3 aromatic rings. The topological polar surface area (TPSA) is 60.5 Å². The molecule has 0 atom stereocenters. The molecule has 1 heterocycles. The van der Waals surface area contributed by atoms with Gasteiger partial charge in [-0.15, -0.1) is 0 Å². The molecule has 0 aliphatic heterocycles.